The van der Waals surface area contributed by atoms with E-state index < -0.39 is 0 Å². The van der Waals surface area contributed by atoms with Crippen molar-refractivity contribution < 1.29 is 8.83 Å². The molecule has 0 saturated carbocycles. The average Bonchev–Trinajstić information content (AvgIpc) is 2.30. The molecule has 0 fully saturated rings. The van der Waals surface area contributed by atoms with E-state index in [1.807, 2.05) is 0 Å². The lowest BCUT2D eigenvalue weighted by Crippen LogP contribution is -1.68. The molecular formula is C7H2Br2O2S. The van der Waals surface area contributed by atoms with Crippen molar-refractivity contribution in [1.82, 2.24) is 0 Å². The summed E-state index contributed by atoms with van der Waals surface area (Å²) in [5.74, 6) is 0. The Morgan fingerprint density at radius 2 is 1.42 bits per heavy atom. The van der Waals surface area contributed by atoms with Gasteiger partial charge in [0.2, 0.25) is 0 Å². The molecule has 62 valence electrons. The molecule has 1 aromatic heterocycles. The summed E-state index contributed by atoms with van der Waals surface area (Å²) >= 11 is 11.4. The smallest absolute Gasteiger partial charge is 0.363 e. The maximum atomic E-state index is 5.10. The van der Waals surface area contributed by atoms with Crippen molar-refractivity contribution in [2.75, 3.05) is 0 Å². The van der Waals surface area contributed by atoms with Gasteiger partial charge in [-0.2, -0.15) is 0 Å². The molecule has 1 aromatic carbocycles. The zero-order valence-corrected chi connectivity index (χ0v) is 9.62. The molecule has 0 aliphatic rings. The van der Waals surface area contributed by atoms with Gasteiger partial charge in [0.15, 0.2) is 11.2 Å². The van der Waals surface area contributed by atoms with Gasteiger partial charge >= 0.3 is 4.90 Å². The monoisotopic (exact) mass is 308 g/mol. The Morgan fingerprint density at radius 1 is 1.00 bits per heavy atom. The Hall–Kier alpha value is -0.130. The van der Waals surface area contributed by atoms with Crippen molar-refractivity contribution >= 4 is 55.2 Å². The summed E-state index contributed by atoms with van der Waals surface area (Å²) in [6.45, 7) is 0. The van der Waals surface area contributed by atoms with Crippen LogP contribution in [-0.4, -0.2) is 0 Å². The maximum absolute atomic E-state index is 5.10. The highest BCUT2D eigenvalue weighted by atomic mass is 79.9. The molecule has 0 saturated heterocycles. The molecule has 1 heterocycles. The molecule has 0 amide bonds. The zero-order valence-electron chi connectivity index (χ0n) is 5.64. The van der Waals surface area contributed by atoms with Gasteiger partial charge in [0.05, 0.1) is 0 Å². The van der Waals surface area contributed by atoms with E-state index in [2.05, 4.69) is 31.9 Å². The minimum Gasteiger partial charge on any atom is -0.413 e. The third-order valence-electron chi connectivity index (χ3n) is 1.37. The van der Waals surface area contributed by atoms with Gasteiger partial charge in [-0.15, -0.1) is 0 Å². The maximum Gasteiger partial charge on any atom is 0.363 e. The quantitative estimate of drug-likeness (QED) is 0.679. The number of benzene rings is 1. The lowest BCUT2D eigenvalue weighted by atomic mass is 10.3. The average molecular weight is 310 g/mol. The van der Waals surface area contributed by atoms with Gasteiger partial charge < -0.3 is 8.83 Å². The van der Waals surface area contributed by atoms with E-state index in [1.54, 1.807) is 12.1 Å². The molecular weight excluding hydrogens is 308 g/mol. The zero-order chi connectivity index (χ0) is 8.72. The van der Waals surface area contributed by atoms with Crippen molar-refractivity contribution in [2.45, 2.75) is 0 Å². The SMILES string of the molecule is S=c1oc2cc(Br)c(Br)cc2o1. The third-order valence-corrected chi connectivity index (χ3v) is 3.38. The summed E-state index contributed by atoms with van der Waals surface area (Å²) in [5, 5.41) is 0. The van der Waals surface area contributed by atoms with Crippen LogP contribution in [0.5, 0.6) is 0 Å². The highest BCUT2D eigenvalue weighted by Gasteiger charge is 2.05. The van der Waals surface area contributed by atoms with E-state index in [9.17, 15) is 0 Å². The molecule has 0 aliphatic carbocycles. The lowest BCUT2D eigenvalue weighted by Gasteiger charge is -1.91. The molecule has 12 heavy (non-hydrogen) atoms. The molecule has 2 aromatic rings. The van der Waals surface area contributed by atoms with Gasteiger partial charge in [-0.3, -0.25) is 0 Å². The van der Waals surface area contributed by atoms with Crippen LogP contribution in [0.25, 0.3) is 11.2 Å². The van der Waals surface area contributed by atoms with Gasteiger partial charge in [-0.05, 0) is 31.9 Å². The minimum absolute atomic E-state index is 0.148. The van der Waals surface area contributed by atoms with Crippen molar-refractivity contribution in [2.24, 2.45) is 0 Å². The Kier molecular flexibility index (Phi) is 2.10. The van der Waals surface area contributed by atoms with Crippen LogP contribution in [0.3, 0.4) is 0 Å². The van der Waals surface area contributed by atoms with Gasteiger partial charge in [0, 0.05) is 33.3 Å². The Labute approximate surface area is 89.8 Å². The van der Waals surface area contributed by atoms with Gasteiger partial charge in [0.25, 0.3) is 0 Å². The fourth-order valence-corrected chi connectivity index (χ4v) is 1.69. The second kappa shape index (κ2) is 2.97. The lowest BCUT2D eigenvalue weighted by molar-refractivity contribution is 0.444. The summed E-state index contributed by atoms with van der Waals surface area (Å²) in [7, 11) is 0. The van der Waals surface area contributed by atoms with Crippen LogP contribution in [0.4, 0.5) is 0 Å². The van der Waals surface area contributed by atoms with Crippen LogP contribution in [0.1, 0.15) is 0 Å². The molecule has 0 unspecified atom stereocenters. The molecule has 0 bridgehead atoms. The topological polar surface area (TPSA) is 26.3 Å². The molecule has 0 atom stereocenters. The van der Waals surface area contributed by atoms with Gasteiger partial charge in [-0.1, -0.05) is 0 Å². The summed E-state index contributed by atoms with van der Waals surface area (Å²) in [6, 6.07) is 3.61. The van der Waals surface area contributed by atoms with Crippen molar-refractivity contribution in [1.29, 1.82) is 0 Å². The normalized spacial score (nSPS) is 10.8. The van der Waals surface area contributed by atoms with Crippen molar-refractivity contribution in [3.63, 3.8) is 0 Å². The van der Waals surface area contributed by atoms with Crippen LogP contribution in [-0.2, 0) is 0 Å². The summed E-state index contributed by atoms with van der Waals surface area (Å²) < 4.78 is 12.0. The fraction of sp³-hybridized carbons (Fsp3) is 0. The largest absolute Gasteiger partial charge is 0.413 e. The third kappa shape index (κ3) is 1.36. The van der Waals surface area contributed by atoms with Crippen LogP contribution in [0, 0.1) is 4.90 Å². The van der Waals surface area contributed by atoms with Gasteiger partial charge in [0.1, 0.15) is 0 Å². The van der Waals surface area contributed by atoms with Crippen LogP contribution in [0.2, 0.25) is 0 Å². The summed E-state index contributed by atoms with van der Waals surface area (Å²) in [4.78, 5) is 0.148. The Balaban J connectivity index is 2.92. The first-order valence-electron chi connectivity index (χ1n) is 3.05. The second-order valence-corrected chi connectivity index (χ2v) is 4.21. The summed E-state index contributed by atoms with van der Waals surface area (Å²) in [6.07, 6.45) is 0. The molecule has 0 spiro atoms. The first-order valence-corrected chi connectivity index (χ1v) is 5.05. The van der Waals surface area contributed by atoms with E-state index >= 15 is 0 Å². The van der Waals surface area contributed by atoms with E-state index in [0.717, 1.165) is 8.95 Å². The number of hydrogen-bond acceptors (Lipinski definition) is 3. The number of fused-ring (bicyclic) bond motifs is 1. The number of rotatable bonds is 0. The standard InChI is InChI=1S/C7H2Br2O2S/c8-3-1-5-6(2-4(3)9)11-7(12)10-5/h1-2H. The highest BCUT2D eigenvalue weighted by Crippen LogP contribution is 2.29. The molecule has 2 rings (SSSR count). The molecule has 0 aliphatic heterocycles. The van der Waals surface area contributed by atoms with Crippen LogP contribution < -0.4 is 0 Å². The first kappa shape index (κ1) is 8.47. The van der Waals surface area contributed by atoms with Crippen molar-refractivity contribution in [3.8, 4) is 0 Å². The molecule has 0 N–H and O–H groups in total. The first-order chi connectivity index (χ1) is 5.66. The summed E-state index contributed by atoms with van der Waals surface area (Å²) in [5.41, 5.74) is 1.30. The van der Waals surface area contributed by atoms with Crippen LogP contribution in [0.15, 0.2) is 29.9 Å². The minimum atomic E-state index is 0.148. The van der Waals surface area contributed by atoms with E-state index in [4.69, 9.17) is 21.1 Å². The van der Waals surface area contributed by atoms with E-state index in [1.165, 1.54) is 0 Å². The highest BCUT2D eigenvalue weighted by molar-refractivity contribution is 9.13. The van der Waals surface area contributed by atoms with Gasteiger partial charge in [-0.25, -0.2) is 0 Å². The molecule has 2 nitrogen and oxygen atoms in total. The predicted octanol–water partition coefficient (Wildman–Crippen LogP) is 4.28. The molecule has 0 radical (unpaired) electrons. The van der Waals surface area contributed by atoms with Crippen LogP contribution >= 0.6 is 44.1 Å². The second-order valence-electron chi connectivity index (χ2n) is 2.17. The predicted molar refractivity (Wildman–Crippen MR) is 54.7 cm³/mol. The van der Waals surface area contributed by atoms with Crippen molar-refractivity contribution in [3.05, 3.63) is 26.0 Å². The number of halogens is 2. The number of hydrogen-bond donors (Lipinski definition) is 0. The Morgan fingerprint density at radius 3 is 1.83 bits per heavy atom. The Bertz CT molecular complexity index is 444. The molecule has 5 heteroatoms. The van der Waals surface area contributed by atoms with E-state index in [0.29, 0.717) is 11.2 Å². The van der Waals surface area contributed by atoms with E-state index in [-0.39, 0.29) is 4.90 Å². The fourth-order valence-electron chi connectivity index (χ4n) is 0.870.